The zero-order valence-corrected chi connectivity index (χ0v) is 14.5. The first-order chi connectivity index (χ1) is 10.8. The Bertz CT molecular complexity index is 593. The van der Waals surface area contributed by atoms with Gasteiger partial charge in [0, 0.05) is 12.0 Å². The summed E-state index contributed by atoms with van der Waals surface area (Å²) in [7, 11) is 2.42. The maximum Gasteiger partial charge on any atom is 0.348 e. The number of esters is 3. The molecule has 0 aliphatic carbocycles. The average Bonchev–Trinajstić information content (AvgIpc) is 2.85. The van der Waals surface area contributed by atoms with Gasteiger partial charge in [0.15, 0.2) is 0 Å². The van der Waals surface area contributed by atoms with Gasteiger partial charge < -0.3 is 19.9 Å². The molecule has 0 saturated carbocycles. The van der Waals surface area contributed by atoms with Crippen molar-refractivity contribution >= 4 is 34.2 Å². The number of methoxy groups -OCH3 is 2. The van der Waals surface area contributed by atoms with Crippen LogP contribution in [0.15, 0.2) is 0 Å². The highest BCUT2D eigenvalue weighted by Gasteiger charge is 2.27. The number of carbonyl (C=O) groups is 3. The van der Waals surface area contributed by atoms with Crippen molar-refractivity contribution in [2.45, 2.75) is 33.3 Å². The van der Waals surface area contributed by atoms with Gasteiger partial charge in [-0.25, -0.2) is 9.59 Å². The summed E-state index contributed by atoms with van der Waals surface area (Å²) in [5.41, 5.74) is 6.03. The summed E-state index contributed by atoms with van der Waals surface area (Å²) in [5, 5.41) is 0.116. The molecule has 0 unspecified atom stereocenters. The topological polar surface area (TPSA) is 105 Å². The van der Waals surface area contributed by atoms with E-state index in [1.54, 1.807) is 0 Å². The highest BCUT2D eigenvalue weighted by molar-refractivity contribution is 7.18. The number of nitrogen functional groups attached to an aromatic ring is 1. The summed E-state index contributed by atoms with van der Waals surface area (Å²) in [6, 6.07) is 0. The molecule has 2 N–H and O–H groups in total. The third-order valence-electron chi connectivity index (χ3n) is 3.10. The van der Waals surface area contributed by atoms with E-state index in [0.29, 0.717) is 12.3 Å². The summed E-state index contributed by atoms with van der Waals surface area (Å²) in [5.74, 6) is -1.38. The Kier molecular flexibility index (Phi) is 7.02. The van der Waals surface area contributed by atoms with E-state index < -0.39 is 17.9 Å². The summed E-state index contributed by atoms with van der Waals surface area (Å²) < 4.78 is 14.5. The van der Waals surface area contributed by atoms with Crippen molar-refractivity contribution in [2.24, 2.45) is 5.92 Å². The fraction of sp³-hybridized carbons (Fsp3) is 0.533. The fourth-order valence-electron chi connectivity index (χ4n) is 1.84. The Hall–Kier alpha value is -2.09. The molecule has 23 heavy (non-hydrogen) atoms. The molecule has 1 aromatic rings. The van der Waals surface area contributed by atoms with Crippen LogP contribution in [-0.2, 0) is 25.6 Å². The van der Waals surface area contributed by atoms with Crippen molar-refractivity contribution in [3.05, 3.63) is 16.0 Å². The van der Waals surface area contributed by atoms with E-state index in [4.69, 9.17) is 10.5 Å². The molecule has 0 aliphatic heterocycles. The van der Waals surface area contributed by atoms with Crippen molar-refractivity contribution < 1.29 is 28.6 Å². The normalized spacial score (nSPS) is 10.5. The van der Waals surface area contributed by atoms with E-state index >= 15 is 0 Å². The predicted octanol–water partition coefficient (Wildman–Crippen LogP) is 2.38. The second-order valence-corrected chi connectivity index (χ2v) is 6.28. The zero-order valence-electron chi connectivity index (χ0n) is 13.6. The highest BCUT2D eigenvalue weighted by Crippen LogP contribution is 2.33. The van der Waals surface area contributed by atoms with Gasteiger partial charge in [-0.05, 0) is 12.3 Å². The van der Waals surface area contributed by atoms with Crippen LogP contribution in [0.3, 0.4) is 0 Å². The number of thiophene rings is 1. The van der Waals surface area contributed by atoms with Crippen LogP contribution in [0.4, 0.5) is 5.00 Å². The maximum atomic E-state index is 11.9. The molecular weight excluding hydrogens is 322 g/mol. The van der Waals surface area contributed by atoms with Gasteiger partial charge in [0.2, 0.25) is 0 Å². The second kappa shape index (κ2) is 8.52. The number of hydrogen-bond acceptors (Lipinski definition) is 8. The van der Waals surface area contributed by atoms with Crippen molar-refractivity contribution in [1.29, 1.82) is 0 Å². The molecule has 0 aliphatic rings. The molecule has 0 amide bonds. The van der Waals surface area contributed by atoms with Crippen LogP contribution >= 0.6 is 11.3 Å². The molecule has 1 rings (SSSR count). The van der Waals surface area contributed by atoms with Crippen LogP contribution in [0, 0.1) is 5.92 Å². The molecule has 0 fully saturated rings. The van der Waals surface area contributed by atoms with Crippen molar-refractivity contribution in [3.63, 3.8) is 0 Å². The third-order valence-corrected chi connectivity index (χ3v) is 4.14. The minimum absolute atomic E-state index is 0.0366. The Morgan fingerprint density at radius 1 is 1.13 bits per heavy atom. The number of rotatable bonds is 7. The molecule has 0 aromatic carbocycles. The lowest BCUT2D eigenvalue weighted by Crippen LogP contribution is -2.12. The molecule has 7 nitrogen and oxygen atoms in total. The van der Waals surface area contributed by atoms with Crippen LogP contribution in [-0.4, -0.2) is 32.1 Å². The van der Waals surface area contributed by atoms with Crippen LogP contribution in [0.25, 0.3) is 0 Å². The third kappa shape index (κ3) is 4.95. The van der Waals surface area contributed by atoms with Crippen LogP contribution in [0.2, 0.25) is 0 Å². The zero-order chi connectivity index (χ0) is 17.6. The lowest BCUT2D eigenvalue weighted by atomic mass is 10.1. The van der Waals surface area contributed by atoms with Crippen LogP contribution in [0.1, 0.15) is 52.3 Å². The fourth-order valence-corrected chi connectivity index (χ4v) is 2.82. The Morgan fingerprint density at radius 2 is 1.74 bits per heavy atom. The molecule has 0 bridgehead atoms. The number of nitrogens with two attached hydrogens (primary N) is 1. The summed E-state index contributed by atoms with van der Waals surface area (Å²) in [6.45, 7) is 3.76. The molecule has 0 saturated heterocycles. The van der Waals surface area contributed by atoms with Gasteiger partial charge in [-0.3, -0.25) is 4.79 Å². The number of ether oxygens (including phenoxy) is 3. The lowest BCUT2D eigenvalue weighted by molar-refractivity contribution is -0.145. The highest BCUT2D eigenvalue weighted by atomic mass is 32.1. The SMILES string of the molecule is COC(=O)c1sc(N)c(C(=O)OC)c1COC(=O)CCC(C)C. The van der Waals surface area contributed by atoms with Crippen LogP contribution in [0.5, 0.6) is 0 Å². The van der Waals surface area contributed by atoms with Gasteiger partial charge in [0.25, 0.3) is 0 Å². The lowest BCUT2D eigenvalue weighted by Gasteiger charge is -2.08. The van der Waals surface area contributed by atoms with Crippen molar-refractivity contribution in [2.75, 3.05) is 20.0 Å². The summed E-state index contributed by atoms with van der Waals surface area (Å²) >= 11 is 0.898. The number of hydrogen-bond donors (Lipinski definition) is 1. The van der Waals surface area contributed by atoms with Gasteiger partial charge in [-0.15, -0.1) is 11.3 Å². The first-order valence-electron chi connectivity index (χ1n) is 7.05. The molecule has 8 heteroatoms. The molecule has 1 aromatic heterocycles. The van der Waals surface area contributed by atoms with Gasteiger partial charge in [-0.2, -0.15) is 0 Å². The van der Waals surface area contributed by atoms with Crippen molar-refractivity contribution in [1.82, 2.24) is 0 Å². The molecule has 128 valence electrons. The summed E-state index contributed by atoms with van der Waals surface area (Å²) in [4.78, 5) is 35.5. The molecule has 0 radical (unpaired) electrons. The molecular formula is C15H21NO6S. The quantitative estimate of drug-likeness (QED) is 0.598. The first-order valence-corrected chi connectivity index (χ1v) is 7.86. The largest absolute Gasteiger partial charge is 0.465 e. The van der Waals surface area contributed by atoms with Gasteiger partial charge in [0.05, 0.1) is 14.2 Å². The monoisotopic (exact) mass is 343 g/mol. The van der Waals surface area contributed by atoms with E-state index in [2.05, 4.69) is 9.47 Å². The Labute approximate surface area is 138 Å². The Balaban J connectivity index is 3.00. The second-order valence-electron chi connectivity index (χ2n) is 5.23. The molecule has 0 spiro atoms. The summed E-state index contributed by atoms with van der Waals surface area (Å²) in [6.07, 6.45) is 0.955. The van der Waals surface area contributed by atoms with Crippen LogP contribution < -0.4 is 5.73 Å². The molecule has 1 heterocycles. The Morgan fingerprint density at radius 3 is 2.26 bits per heavy atom. The van der Waals surface area contributed by atoms with Gasteiger partial charge in [0.1, 0.15) is 22.0 Å². The van der Waals surface area contributed by atoms with E-state index in [9.17, 15) is 14.4 Å². The first kappa shape index (κ1) is 19.0. The predicted molar refractivity (Wildman–Crippen MR) is 85.3 cm³/mol. The minimum Gasteiger partial charge on any atom is -0.465 e. The number of carbonyl (C=O) groups excluding carboxylic acids is 3. The van der Waals surface area contributed by atoms with Gasteiger partial charge >= 0.3 is 17.9 Å². The van der Waals surface area contributed by atoms with E-state index in [-0.39, 0.29) is 34.0 Å². The number of anilines is 1. The van der Waals surface area contributed by atoms with E-state index in [0.717, 1.165) is 11.3 Å². The minimum atomic E-state index is -0.692. The average molecular weight is 343 g/mol. The van der Waals surface area contributed by atoms with Crippen molar-refractivity contribution in [3.8, 4) is 0 Å². The maximum absolute atomic E-state index is 11.9. The molecule has 0 atom stereocenters. The van der Waals surface area contributed by atoms with E-state index in [1.807, 2.05) is 13.8 Å². The standard InChI is InChI=1S/C15H21NO6S/c1-8(2)5-6-10(17)22-7-9-11(14(18)20-3)13(16)23-12(9)15(19)21-4/h8H,5-7,16H2,1-4H3. The smallest absolute Gasteiger partial charge is 0.348 e. The van der Waals surface area contributed by atoms with E-state index in [1.165, 1.54) is 14.2 Å². The van der Waals surface area contributed by atoms with Gasteiger partial charge in [-0.1, -0.05) is 13.8 Å².